The largest absolute Gasteiger partial charge is 0.386 e. The predicted molar refractivity (Wildman–Crippen MR) is 125 cm³/mol. The highest BCUT2D eigenvalue weighted by molar-refractivity contribution is 14.0. The molecule has 1 fully saturated rings. The van der Waals surface area contributed by atoms with Crippen molar-refractivity contribution >= 4 is 29.9 Å². The van der Waals surface area contributed by atoms with E-state index in [9.17, 15) is 5.11 Å². The average Bonchev–Trinajstić information content (AvgIpc) is 2.69. The Balaban J connectivity index is 0.00000392. The minimum atomic E-state index is -0.594. The third-order valence-electron chi connectivity index (χ3n) is 4.68. The number of nitrogens with zero attached hydrogens (tertiary/aromatic N) is 1. The molecule has 1 atom stereocenters. The molecule has 0 saturated carbocycles. The second kappa shape index (κ2) is 15.0. The first kappa shape index (κ1) is 25.1. The van der Waals surface area contributed by atoms with Gasteiger partial charge in [0.2, 0.25) is 0 Å². The van der Waals surface area contributed by atoms with Crippen molar-refractivity contribution in [2.75, 3.05) is 46.1 Å². The molecule has 3 N–H and O–H groups in total. The maximum atomic E-state index is 10.3. The fraction of sp³-hybridized carbons (Fsp3) is 0.667. The molecular weight excluding hydrogens is 469 g/mol. The molecular formula is C21H36IN3O3. The molecule has 1 aromatic carbocycles. The van der Waals surface area contributed by atoms with Crippen LogP contribution in [0.25, 0.3) is 0 Å². The lowest BCUT2D eigenvalue weighted by molar-refractivity contribution is 0.0203. The summed E-state index contributed by atoms with van der Waals surface area (Å²) in [4.78, 5) is 4.49. The molecule has 1 aromatic rings. The molecule has 0 bridgehead atoms. The summed E-state index contributed by atoms with van der Waals surface area (Å²) >= 11 is 0. The minimum absolute atomic E-state index is 0. The van der Waals surface area contributed by atoms with Crippen LogP contribution >= 0.6 is 24.0 Å². The van der Waals surface area contributed by atoms with Crippen LogP contribution in [0.5, 0.6) is 0 Å². The highest BCUT2D eigenvalue weighted by Gasteiger charge is 2.13. The Morgan fingerprint density at radius 2 is 1.96 bits per heavy atom. The van der Waals surface area contributed by atoms with Gasteiger partial charge in [-0.25, -0.2) is 0 Å². The van der Waals surface area contributed by atoms with E-state index >= 15 is 0 Å². The molecule has 0 amide bonds. The Kier molecular flexibility index (Phi) is 13.5. The summed E-state index contributed by atoms with van der Waals surface area (Å²) < 4.78 is 11.1. The number of guanidine groups is 1. The van der Waals surface area contributed by atoms with Crippen LogP contribution in [0, 0.1) is 12.8 Å². The molecule has 2 rings (SSSR count). The van der Waals surface area contributed by atoms with Crippen molar-refractivity contribution in [2.45, 2.75) is 39.2 Å². The first-order valence-corrected chi connectivity index (χ1v) is 10.1. The molecule has 0 aliphatic carbocycles. The van der Waals surface area contributed by atoms with E-state index in [1.165, 1.54) is 5.56 Å². The van der Waals surface area contributed by atoms with Gasteiger partial charge in [-0.2, -0.15) is 0 Å². The van der Waals surface area contributed by atoms with Crippen LogP contribution in [0.3, 0.4) is 0 Å². The number of nitrogens with one attached hydrogen (secondary N) is 2. The quantitative estimate of drug-likeness (QED) is 0.197. The monoisotopic (exact) mass is 505 g/mol. The molecule has 160 valence electrons. The predicted octanol–water partition coefficient (Wildman–Crippen LogP) is 3.03. The van der Waals surface area contributed by atoms with E-state index < -0.39 is 6.10 Å². The number of ether oxygens (including phenoxy) is 2. The van der Waals surface area contributed by atoms with Crippen molar-refractivity contribution in [3.63, 3.8) is 0 Å². The number of hydrogen-bond donors (Lipinski definition) is 3. The van der Waals surface area contributed by atoms with Gasteiger partial charge >= 0.3 is 0 Å². The second-order valence-electron chi connectivity index (χ2n) is 7.06. The van der Waals surface area contributed by atoms with Gasteiger partial charge in [-0.1, -0.05) is 29.8 Å². The van der Waals surface area contributed by atoms with Crippen LogP contribution in [-0.4, -0.2) is 57.1 Å². The molecule has 1 aliphatic rings. The number of hydrogen-bond acceptors (Lipinski definition) is 4. The molecule has 0 radical (unpaired) electrons. The van der Waals surface area contributed by atoms with E-state index in [0.717, 1.165) is 70.3 Å². The normalized spacial score (nSPS) is 16.3. The molecule has 1 saturated heterocycles. The zero-order valence-electron chi connectivity index (χ0n) is 17.2. The smallest absolute Gasteiger partial charge is 0.191 e. The number of benzene rings is 1. The molecule has 6 nitrogen and oxygen atoms in total. The van der Waals surface area contributed by atoms with Gasteiger partial charge in [0.15, 0.2) is 5.96 Å². The van der Waals surface area contributed by atoms with Gasteiger partial charge in [-0.3, -0.25) is 4.99 Å². The second-order valence-corrected chi connectivity index (χ2v) is 7.06. The lowest BCUT2D eigenvalue weighted by atomic mass is 10.0. The number of aliphatic imine (C=N–C) groups is 1. The molecule has 0 spiro atoms. The van der Waals surface area contributed by atoms with Crippen molar-refractivity contribution in [1.29, 1.82) is 0 Å². The van der Waals surface area contributed by atoms with Crippen LogP contribution < -0.4 is 10.6 Å². The van der Waals surface area contributed by atoms with Crippen molar-refractivity contribution in [2.24, 2.45) is 10.9 Å². The minimum Gasteiger partial charge on any atom is -0.386 e. The van der Waals surface area contributed by atoms with Gasteiger partial charge < -0.3 is 25.2 Å². The summed E-state index contributed by atoms with van der Waals surface area (Å²) in [6.45, 7) is 9.29. The highest BCUT2D eigenvalue weighted by atomic mass is 127. The van der Waals surface area contributed by atoms with Gasteiger partial charge in [0.25, 0.3) is 0 Å². The molecule has 28 heavy (non-hydrogen) atoms. The van der Waals surface area contributed by atoms with Gasteiger partial charge in [0, 0.05) is 39.5 Å². The molecule has 0 aromatic heterocycles. The topological polar surface area (TPSA) is 75.1 Å². The summed E-state index contributed by atoms with van der Waals surface area (Å²) in [6.07, 6.45) is 2.55. The standard InChI is InChI=1S/C21H35N3O3.HI/c1-3-22-21(24-15-20(25)19-7-5-17(2)6-8-19)23-11-4-12-27-16-18-9-13-26-14-10-18;/h5-8,18,20,25H,3-4,9-16H2,1-2H3,(H2,22,23,24);1H. The van der Waals surface area contributed by atoms with Crippen LogP contribution in [0.4, 0.5) is 0 Å². The van der Waals surface area contributed by atoms with Crippen molar-refractivity contribution in [3.8, 4) is 0 Å². The third-order valence-corrected chi connectivity index (χ3v) is 4.68. The Morgan fingerprint density at radius 3 is 2.64 bits per heavy atom. The fourth-order valence-corrected chi connectivity index (χ4v) is 2.96. The lowest BCUT2D eigenvalue weighted by Gasteiger charge is -2.21. The first-order valence-electron chi connectivity index (χ1n) is 10.1. The summed E-state index contributed by atoms with van der Waals surface area (Å²) in [5.74, 6) is 1.38. The van der Waals surface area contributed by atoms with Crippen LogP contribution in [0.2, 0.25) is 0 Å². The Labute approximate surface area is 186 Å². The maximum absolute atomic E-state index is 10.3. The Bertz CT molecular complexity index is 548. The van der Waals surface area contributed by atoms with Gasteiger partial charge in [-0.15, -0.1) is 24.0 Å². The maximum Gasteiger partial charge on any atom is 0.191 e. The number of aliphatic hydroxyl groups excluding tert-OH is 1. The number of halogens is 1. The molecule has 1 aliphatic heterocycles. The molecule has 1 unspecified atom stereocenters. The summed E-state index contributed by atoms with van der Waals surface area (Å²) in [6, 6.07) is 7.91. The molecule has 1 heterocycles. The number of rotatable bonds is 10. The van der Waals surface area contributed by atoms with E-state index in [-0.39, 0.29) is 24.0 Å². The van der Waals surface area contributed by atoms with E-state index in [2.05, 4.69) is 15.6 Å². The summed E-state index contributed by atoms with van der Waals surface area (Å²) in [5.41, 5.74) is 2.07. The average molecular weight is 505 g/mol. The Hall–Kier alpha value is -0.900. The first-order chi connectivity index (χ1) is 13.2. The van der Waals surface area contributed by atoms with Crippen molar-refractivity contribution in [1.82, 2.24) is 10.6 Å². The SMILES string of the molecule is CCNC(=NCC(O)c1ccc(C)cc1)NCCCOCC1CCOCC1.I. The van der Waals surface area contributed by atoms with Crippen molar-refractivity contribution in [3.05, 3.63) is 35.4 Å². The van der Waals surface area contributed by atoms with Crippen LogP contribution in [0.1, 0.15) is 43.4 Å². The van der Waals surface area contributed by atoms with E-state index in [1.54, 1.807) is 0 Å². The number of aliphatic hydroxyl groups is 1. The fourth-order valence-electron chi connectivity index (χ4n) is 2.96. The zero-order chi connectivity index (χ0) is 19.3. The van der Waals surface area contributed by atoms with Gasteiger partial charge in [0.05, 0.1) is 12.6 Å². The summed E-state index contributed by atoms with van der Waals surface area (Å²) in [5, 5.41) is 16.8. The molecule has 7 heteroatoms. The zero-order valence-corrected chi connectivity index (χ0v) is 19.5. The number of aryl methyl sites for hydroxylation is 1. The van der Waals surface area contributed by atoms with Gasteiger partial charge in [-0.05, 0) is 44.6 Å². The summed E-state index contributed by atoms with van der Waals surface area (Å²) in [7, 11) is 0. The van der Waals surface area contributed by atoms with E-state index in [1.807, 2.05) is 38.1 Å². The van der Waals surface area contributed by atoms with Crippen LogP contribution in [-0.2, 0) is 9.47 Å². The lowest BCUT2D eigenvalue weighted by Crippen LogP contribution is -2.38. The Morgan fingerprint density at radius 1 is 1.25 bits per heavy atom. The van der Waals surface area contributed by atoms with E-state index in [0.29, 0.717) is 12.5 Å². The van der Waals surface area contributed by atoms with Crippen LogP contribution in [0.15, 0.2) is 29.3 Å². The van der Waals surface area contributed by atoms with Gasteiger partial charge in [0.1, 0.15) is 0 Å². The van der Waals surface area contributed by atoms with E-state index in [4.69, 9.17) is 9.47 Å². The van der Waals surface area contributed by atoms with Crippen molar-refractivity contribution < 1.29 is 14.6 Å². The third kappa shape index (κ3) is 10.0. The highest BCUT2D eigenvalue weighted by Crippen LogP contribution is 2.15.